The topological polar surface area (TPSA) is 49.7 Å². The Morgan fingerprint density at radius 3 is 2.40 bits per heavy atom. The van der Waals surface area contributed by atoms with Gasteiger partial charge in [0.15, 0.2) is 0 Å². The molecule has 0 radical (unpaired) electrons. The first-order chi connectivity index (χ1) is 6.91. The summed E-state index contributed by atoms with van der Waals surface area (Å²) in [7, 11) is -1.57. The third kappa shape index (κ3) is 3.13. The van der Waals surface area contributed by atoms with Gasteiger partial charge in [-0.25, -0.2) is 0 Å². The molecule has 5 heteroatoms. The van der Waals surface area contributed by atoms with Gasteiger partial charge in [0.05, 0.1) is 6.10 Å². The van der Waals surface area contributed by atoms with E-state index in [0.29, 0.717) is 16.2 Å². The van der Waals surface area contributed by atoms with E-state index in [4.69, 9.17) is 16.3 Å². The zero-order valence-electron chi connectivity index (χ0n) is 8.99. The molecule has 1 aromatic rings. The first-order valence-electron chi connectivity index (χ1n) is 4.74. The molecule has 0 aliphatic rings. The molecule has 0 aliphatic carbocycles. The minimum atomic E-state index is -1.57. The standard InChI is InChI=1S/C10H14BClO3/c1-6(2)15-10-7(3)4-8(12)5-9(10)11(13)14/h4-6,13-14H,1-3H3. The Morgan fingerprint density at radius 1 is 1.33 bits per heavy atom. The van der Waals surface area contributed by atoms with E-state index in [1.807, 2.05) is 20.8 Å². The Balaban J connectivity index is 3.21. The molecule has 0 spiro atoms. The monoisotopic (exact) mass is 228 g/mol. The van der Waals surface area contributed by atoms with Crippen LogP contribution in [0.25, 0.3) is 0 Å². The van der Waals surface area contributed by atoms with Crippen LogP contribution in [0, 0.1) is 6.92 Å². The quantitative estimate of drug-likeness (QED) is 0.762. The van der Waals surface area contributed by atoms with Crippen LogP contribution in [0.2, 0.25) is 5.02 Å². The maximum atomic E-state index is 9.18. The Bertz CT molecular complexity index is 353. The van der Waals surface area contributed by atoms with Gasteiger partial charge >= 0.3 is 7.12 Å². The molecule has 0 fully saturated rings. The molecule has 1 aromatic carbocycles. The predicted octanol–water partition coefficient (Wildman–Crippen LogP) is 1.12. The van der Waals surface area contributed by atoms with Crippen molar-refractivity contribution in [2.45, 2.75) is 26.9 Å². The van der Waals surface area contributed by atoms with Crippen LogP contribution in [-0.2, 0) is 0 Å². The smallest absolute Gasteiger partial charge is 0.491 e. The number of benzene rings is 1. The number of aryl methyl sites for hydroxylation is 1. The summed E-state index contributed by atoms with van der Waals surface area (Å²) in [5.41, 5.74) is 1.09. The van der Waals surface area contributed by atoms with Crippen LogP contribution in [-0.4, -0.2) is 23.3 Å². The van der Waals surface area contributed by atoms with Gasteiger partial charge in [0.2, 0.25) is 0 Å². The number of hydrogen-bond acceptors (Lipinski definition) is 3. The Hall–Kier alpha value is -0.705. The second-order valence-electron chi connectivity index (χ2n) is 3.68. The molecule has 0 saturated carbocycles. The van der Waals surface area contributed by atoms with Gasteiger partial charge in [-0.3, -0.25) is 0 Å². The molecular formula is C10H14BClO3. The van der Waals surface area contributed by atoms with Crippen molar-refractivity contribution in [1.29, 1.82) is 0 Å². The van der Waals surface area contributed by atoms with Crippen molar-refractivity contribution in [2.24, 2.45) is 0 Å². The molecule has 82 valence electrons. The van der Waals surface area contributed by atoms with Gasteiger partial charge in [-0.05, 0) is 38.5 Å². The molecule has 1 rings (SSSR count). The first-order valence-corrected chi connectivity index (χ1v) is 5.12. The molecular weight excluding hydrogens is 214 g/mol. The van der Waals surface area contributed by atoms with Crippen LogP contribution in [0.3, 0.4) is 0 Å². The SMILES string of the molecule is Cc1cc(Cl)cc(B(O)O)c1OC(C)C. The number of halogens is 1. The van der Waals surface area contributed by atoms with E-state index >= 15 is 0 Å². The fourth-order valence-electron chi connectivity index (χ4n) is 1.34. The maximum Gasteiger partial charge on any atom is 0.492 e. The van der Waals surface area contributed by atoms with E-state index in [1.165, 1.54) is 6.07 Å². The van der Waals surface area contributed by atoms with Crippen LogP contribution in [0.5, 0.6) is 5.75 Å². The van der Waals surface area contributed by atoms with Crippen LogP contribution in [0.1, 0.15) is 19.4 Å². The Labute approximate surface area is 94.8 Å². The lowest BCUT2D eigenvalue weighted by atomic mass is 9.78. The van der Waals surface area contributed by atoms with Crippen LogP contribution >= 0.6 is 11.6 Å². The van der Waals surface area contributed by atoms with Gasteiger partial charge in [-0.2, -0.15) is 0 Å². The second-order valence-corrected chi connectivity index (χ2v) is 4.12. The molecule has 3 nitrogen and oxygen atoms in total. The molecule has 2 N–H and O–H groups in total. The summed E-state index contributed by atoms with van der Waals surface area (Å²) in [5.74, 6) is 0.490. The highest BCUT2D eigenvalue weighted by atomic mass is 35.5. The van der Waals surface area contributed by atoms with E-state index in [2.05, 4.69) is 0 Å². The van der Waals surface area contributed by atoms with Crippen LogP contribution in [0.4, 0.5) is 0 Å². The zero-order chi connectivity index (χ0) is 11.6. The fraction of sp³-hybridized carbons (Fsp3) is 0.400. The first kappa shape index (κ1) is 12.4. The van der Waals surface area contributed by atoms with Crippen molar-refractivity contribution in [3.8, 4) is 5.75 Å². The molecule has 0 heterocycles. The number of rotatable bonds is 3. The molecule has 15 heavy (non-hydrogen) atoms. The number of ether oxygens (including phenoxy) is 1. The normalized spacial score (nSPS) is 10.6. The average Bonchev–Trinajstić information content (AvgIpc) is 2.08. The van der Waals surface area contributed by atoms with Gasteiger partial charge in [0.1, 0.15) is 5.75 Å². The van der Waals surface area contributed by atoms with Crippen LogP contribution in [0.15, 0.2) is 12.1 Å². The largest absolute Gasteiger partial charge is 0.492 e. The molecule has 0 bridgehead atoms. The summed E-state index contributed by atoms with van der Waals surface area (Å²) in [6, 6.07) is 3.22. The zero-order valence-corrected chi connectivity index (χ0v) is 9.75. The molecule has 0 aromatic heterocycles. The van der Waals surface area contributed by atoms with Crippen molar-refractivity contribution in [3.63, 3.8) is 0 Å². The van der Waals surface area contributed by atoms with Gasteiger partial charge in [0.25, 0.3) is 0 Å². The summed E-state index contributed by atoms with van der Waals surface area (Å²) in [4.78, 5) is 0. The third-order valence-corrected chi connectivity index (χ3v) is 2.12. The van der Waals surface area contributed by atoms with Gasteiger partial charge in [-0.1, -0.05) is 11.6 Å². The van der Waals surface area contributed by atoms with E-state index in [-0.39, 0.29) is 6.10 Å². The highest BCUT2D eigenvalue weighted by Crippen LogP contribution is 2.21. The average molecular weight is 228 g/mol. The molecule has 0 atom stereocenters. The summed E-state index contributed by atoms with van der Waals surface area (Å²) in [6.45, 7) is 5.57. The lowest BCUT2D eigenvalue weighted by molar-refractivity contribution is 0.242. The van der Waals surface area contributed by atoms with Crippen molar-refractivity contribution < 1.29 is 14.8 Å². The van der Waals surface area contributed by atoms with E-state index in [9.17, 15) is 10.0 Å². The fourth-order valence-corrected chi connectivity index (χ4v) is 1.63. The van der Waals surface area contributed by atoms with Gasteiger partial charge in [-0.15, -0.1) is 0 Å². The van der Waals surface area contributed by atoms with Crippen molar-refractivity contribution in [3.05, 3.63) is 22.7 Å². The Kier molecular flexibility index (Phi) is 4.02. The third-order valence-electron chi connectivity index (χ3n) is 1.90. The lowest BCUT2D eigenvalue weighted by Gasteiger charge is -2.16. The lowest BCUT2D eigenvalue weighted by Crippen LogP contribution is -2.33. The highest BCUT2D eigenvalue weighted by Gasteiger charge is 2.20. The molecule has 0 aliphatic heterocycles. The van der Waals surface area contributed by atoms with Gasteiger partial charge < -0.3 is 14.8 Å². The minimum Gasteiger partial charge on any atom is -0.491 e. The second kappa shape index (κ2) is 4.88. The molecule has 0 amide bonds. The highest BCUT2D eigenvalue weighted by molar-refractivity contribution is 6.60. The molecule has 0 saturated heterocycles. The van der Waals surface area contributed by atoms with Crippen LogP contribution < -0.4 is 10.2 Å². The maximum absolute atomic E-state index is 9.18. The summed E-state index contributed by atoms with van der Waals surface area (Å²) >= 11 is 5.82. The summed E-state index contributed by atoms with van der Waals surface area (Å²) in [5, 5.41) is 18.8. The van der Waals surface area contributed by atoms with Crippen molar-refractivity contribution >= 4 is 24.2 Å². The van der Waals surface area contributed by atoms with E-state index in [0.717, 1.165) is 5.56 Å². The van der Waals surface area contributed by atoms with Crippen molar-refractivity contribution in [2.75, 3.05) is 0 Å². The Morgan fingerprint density at radius 2 is 1.93 bits per heavy atom. The van der Waals surface area contributed by atoms with E-state index in [1.54, 1.807) is 6.07 Å². The number of hydrogen-bond donors (Lipinski definition) is 2. The van der Waals surface area contributed by atoms with Gasteiger partial charge in [0, 0.05) is 10.5 Å². The summed E-state index contributed by atoms with van der Waals surface area (Å²) < 4.78 is 5.51. The van der Waals surface area contributed by atoms with E-state index < -0.39 is 7.12 Å². The molecule has 0 unspecified atom stereocenters. The summed E-state index contributed by atoms with van der Waals surface area (Å²) in [6.07, 6.45) is -0.0256. The predicted molar refractivity (Wildman–Crippen MR) is 61.8 cm³/mol. The van der Waals surface area contributed by atoms with Crippen molar-refractivity contribution in [1.82, 2.24) is 0 Å². The minimum absolute atomic E-state index is 0.0256.